The molecule has 1 rings (SSSR count). The van der Waals surface area contributed by atoms with Gasteiger partial charge in [0, 0.05) is 26.8 Å². The van der Waals surface area contributed by atoms with Crippen LogP contribution in [0.2, 0.25) is 0 Å². The van der Waals surface area contributed by atoms with Gasteiger partial charge in [-0.1, -0.05) is 0 Å². The molecule has 0 aliphatic carbocycles. The predicted molar refractivity (Wildman–Crippen MR) is 91.9 cm³/mol. The third-order valence-corrected chi connectivity index (χ3v) is 3.38. The lowest BCUT2D eigenvalue weighted by Crippen LogP contribution is -2.17. The minimum Gasteiger partial charge on any atom is -0.462 e. The molecule has 0 saturated carbocycles. The van der Waals surface area contributed by atoms with E-state index >= 15 is 0 Å². The summed E-state index contributed by atoms with van der Waals surface area (Å²) < 4.78 is 16.4. The fourth-order valence-electron chi connectivity index (χ4n) is 2.37. The highest BCUT2D eigenvalue weighted by Crippen LogP contribution is 2.27. The van der Waals surface area contributed by atoms with Gasteiger partial charge in [-0.05, 0) is 33.1 Å². The number of unbranched alkanes of at least 4 members (excludes halogenated alkanes) is 1. The van der Waals surface area contributed by atoms with Crippen molar-refractivity contribution in [2.75, 3.05) is 32.2 Å². The second kappa shape index (κ2) is 10.5. The third-order valence-electron chi connectivity index (χ3n) is 3.38. The summed E-state index contributed by atoms with van der Waals surface area (Å²) in [7, 11) is 1.61. The maximum Gasteiger partial charge on any atom is 0.418 e. The van der Waals surface area contributed by atoms with Crippen LogP contribution in [0.4, 0.5) is 10.5 Å². The topological polar surface area (TPSA) is 95.9 Å². The normalized spacial score (nSPS) is 10.4. The molecule has 0 bridgehead atoms. The highest BCUT2D eigenvalue weighted by atomic mass is 16.5. The van der Waals surface area contributed by atoms with Crippen molar-refractivity contribution in [3.63, 3.8) is 0 Å². The van der Waals surface area contributed by atoms with E-state index in [1.165, 1.54) is 17.7 Å². The summed E-state index contributed by atoms with van der Waals surface area (Å²) in [6, 6.07) is 0. The van der Waals surface area contributed by atoms with Gasteiger partial charge in [0.05, 0.1) is 24.6 Å². The van der Waals surface area contributed by atoms with E-state index < -0.39 is 12.1 Å². The number of nitrogens with one attached hydrogen (secondary N) is 1. The summed E-state index contributed by atoms with van der Waals surface area (Å²) in [5, 5.41) is 2.64. The van der Waals surface area contributed by atoms with Gasteiger partial charge in [-0.15, -0.1) is 0 Å². The molecule has 0 fully saturated rings. The summed E-state index contributed by atoms with van der Waals surface area (Å²) in [5.41, 5.74) is 0.927. The number of hydrogen-bond acceptors (Lipinski definition) is 6. The molecule has 1 aromatic heterocycles. The number of carbonyl (C=O) groups is 3. The van der Waals surface area contributed by atoms with Crippen LogP contribution in [0.15, 0.2) is 6.20 Å². The molecule has 0 atom stereocenters. The molecule has 0 aliphatic heterocycles. The number of esters is 1. The molecule has 0 saturated heterocycles. The summed E-state index contributed by atoms with van der Waals surface area (Å²) in [5.74, 6) is -0.947. The molecule has 8 heteroatoms. The first-order valence-corrected chi connectivity index (χ1v) is 8.31. The van der Waals surface area contributed by atoms with Gasteiger partial charge in [-0.25, -0.2) is 9.59 Å². The molecule has 0 aromatic carbocycles. The van der Waals surface area contributed by atoms with Gasteiger partial charge in [0.25, 0.3) is 0 Å². The number of anilines is 1. The number of carbonyl (C=O) groups excluding carboxylic acids is 3. The van der Waals surface area contributed by atoms with Crippen LogP contribution in [0, 0.1) is 0 Å². The number of amides is 1. The van der Waals surface area contributed by atoms with Crippen LogP contribution in [0.5, 0.6) is 0 Å². The maximum absolute atomic E-state index is 12.2. The van der Waals surface area contributed by atoms with E-state index in [2.05, 4.69) is 5.32 Å². The maximum atomic E-state index is 12.2. The second-order valence-corrected chi connectivity index (χ2v) is 5.28. The first-order chi connectivity index (χ1) is 12.0. The van der Waals surface area contributed by atoms with Gasteiger partial charge in [0.15, 0.2) is 0 Å². The minimum absolute atomic E-state index is 0.131. The van der Waals surface area contributed by atoms with Gasteiger partial charge >= 0.3 is 12.1 Å². The van der Waals surface area contributed by atoms with Crippen LogP contribution in [0.1, 0.15) is 49.7 Å². The van der Waals surface area contributed by atoms with Gasteiger partial charge in [-0.3, -0.25) is 9.36 Å². The zero-order valence-corrected chi connectivity index (χ0v) is 15.2. The lowest BCUT2D eigenvalue weighted by atomic mass is 10.1. The monoisotopic (exact) mass is 354 g/mol. The Kier molecular flexibility index (Phi) is 8.69. The molecule has 0 aliphatic rings. The smallest absolute Gasteiger partial charge is 0.418 e. The zero-order chi connectivity index (χ0) is 18.8. The number of aromatic nitrogens is 1. The van der Waals surface area contributed by atoms with Gasteiger partial charge in [0.1, 0.15) is 5.56 Å². The molecular formula is C17H26N2O6. The second-order valence-electron chi connectivity index (χ2n) is 5.28. The van der Waals surface area contributed by atoms with Crippen LogP contribution in [0.3, 0.4) is 0 Å². The van der Waals surface area contributed by atoms with Crippen molar-refractivity contribution < 1.29 is 28.6 Å². The Labute approximate surface area is 147 Å². The van der Waals surface area contributed by atoms with Gasteiger partial charge in [-0.2, -0.15) is 0 Å². The van der Waals surface area contributed by atoms with Crippen LogP contribution >= 0.6 is 0 Å². The first kappa shape index (κ1) is 20.7. The third kappa shape index (κ3) is 5.90. The van der Waals surface area contributed by atoms with Crippen molar-refractivity contribution in [3.8, 4) is 0 Å². The average Bonchev–Trinajstić information content (AvgIpc) is 2.90. The number of nitrogens with zero attached hydrogens (tertiary/aromatic N) is 1. The molecule has 0 spiro atoms. The molecule has 1 aromatic rings. The van der Waals surface area contributed by atoms with Crippen molar-refractivity contribution >= 4 is 23.7 Å². The predicted octanol–water partition coefficient (Wildman–Crippen LogP) is 2.60. The van der Waals surface area contributed by atoms with E-state index in [0.29, 0.717) is 25.1 Å². The van der Waals surface area contributed by atoms with E-state index in [1.54, 1.807) is 21.0 Å². The summed E-state index contributed by atoms with van der Waals surface area (Å²) in [6.45, 7) is 5.69. The molecular weight excluding hydrogens is 328 g/mol. The minimum atomic E-state index is -0.605. The fraction of sp³-hybridized carbons (Fsp3) is 0.588. The van der Waals surface area contributed by atoms with E-state index in [4.69, 9.17) is 14.2 Å². The standard InChI is InChI=1S/C17H26N2O6/c1-5-24-16(21)13-11-19(17(22)25-6-2)14(9-7-8-10-23-4)15(13)18-12(3)20/h11H,5-10H2,1-4H3,(H,18,20). The highest BCUT2D eigenvalue weighted by molar-refractivity contribution is 6.02. The Hall–Kier alpha value is -2.35. The molecule has 8 nitrogen and oxygen atoms in total. The van der Waals surface area contributed by atoms with Crippen molar-refractivity contribution in [2.24, 2.45) is 0 Å². The van der Waals surface area contributed by atoms with E-state index in [-0.39, 0.29) is 30.4 Å². The Morgan fingerprint density at radius 2 is 1.80 bits per heavy atom. The molecule has 0 radical (unpaired) electrons. The highest BCUT2D eigenvalue weighted by Gasteiger charge is 2.25. The summed E-state index contributed by atoms with van der Waals surface area (Å²) in [4.78, 5) is 36.0. The number of hydrogen-bond donors (Lipinski definition) is 1. The van der Waals surface area contributed by atoms with Crippen LogP contribution in [-0.4, -0.2) is 49.5 Å². The number of rotatable bonds is 9. The summed E-state index contributed by atoms with van der Waals surface area (Å²) in [6.07, 6.45) is 2.71. The Morgan fingerprint density at radius 1 is 1.12 bits per heavy atom. The molecule has 1 amide bonds. The number of ether oxygens (including phenoxy) is 3. The summed E-state index contributed by atoms with van der Waals surface area (Å²) >= 11 is 0. The molecule has 1 N–H and O–H groups in total. The fourth-order valence-corrected chi connectivity index (χ4v) is 2.37. The average molecular weight is 354 g/mol. The zero-order valence-electron chi connectivity index (χ0n) is 15.2. The molecule has 1 heterocycles. The van der Waals surface area contributed by atoms with Crippen molar-refractivity contribution in [1.82, 2.24) is 4.57 Å². The lowest BCUT2D eigenvalue weighted by molar-refractivity contribution is -0.114. The van der Waals surface area contributed by atoms with E-state index in [9.17, 15) is 14.4 Å². The first-order valence-electron chi connectivity index (χ1n) is 8.31. The van der Waals surface area contributed by atoms with E-state index in [1.807, 2.05) is 0 Å². The van der Waals surface area contributed by atoms with Crippen molar-refractivity contribution in [2.45, 2.75) is 40.0 Å². The molecule has 25 heavy (non-hydrogen) atoms. The van der Waals surface area contributed by atoms with Crippen molar-refractivity contribution in [3.05, 3.63) is 17.5 Å². The largest absolute Gasteiger partial charge is 0.462 e. The van der Waals surface area contributed by atoms with Crippen LogP contribution < -0.4 is 5.32 Å². The Balaban J connectivity index is 3.29. The van der Waals surface area contributed by atoms with Gasteiger partial charge < -0.3 is 19.5 Å². The van der Waals surface area contributed by atoms with Crippen molar-refractivity contribution in [1.29, 1.82) is 0 Å². The molecule has 140 valence electrons. The molecule has 0 unspecified atom stereocenters. The van der Waals surface area contributed by atoms with Crippen LogP contribution in [-0.2, 0) is 25.4 Å². The SMILES string of the molecule is CCOC(=O)c1cn(C(=O)OCC)c(CCCCOC)c1NC(C)=O. The van der Waals surface area contributed by atoms with E-state index in [0.717, 1.165) is 6.42 Å². The van der Waals surface area contributed by atoms with Crippen LogP contribution in [0.25, 0.3) is 0 Å². The Morgan fingerprint density at radius 3 is 2.36 bits per heavy atom. The van der Waals surface area contributed by atoms with Gasteiger partial charge in [0.2, 0.25) is 5.91 Å². The quantitative estimate of drug-likeness (QED) is 0.541. The Bertz CT molecular complexity index is 609. The number of methoxy groups -OCH3 is 1. The lowest BCUT2D eigenvalue weighted by Gasteiger charge is -2.11.